The van der Waals surface area contributed by atoms with Crippen molar-refractivity contribution in [3.63, 3.8) is 0 Å². The molecule has 0 aliphatic heterocycles. The maximum atomic E-state index is 11.1. The smallest absolute Gasteiger partial charge is 0.159 e. The van der Waals surface area contributed by atoms with E-state index in [0.717, 1.165) is 31.2 Å². The lowest BCUT2D eigenvalue weighted by Gasteiger charge is -2.06. The SMILES string of the molecule is CCc1ccc(C(C)=O)cc1CC.CCc1ccccc1CC. The standard InChI is InChI=1S/C12H16O.C10H14/c1-4-10-6-7-12(9(3)13)8-11(10)5-2;1-3-9-7-5-6-8-10(9)4-2/h6-8H,4-5H2,1-3H3;5-8H,3-4H2,1-2H3. The number of Topliss-reactive ketones (excluding diaryl/α,β-unsaturated/α-hetero) is 1. The van der Waals surface area contributed by atoms with Crippen LogP contribution in [0.3, 0.4) is 0 Å². The summed E-state index contributed by atoms with van der Waals surface area (Å²) in [5, 5.41) is 0. The predicted molar refractivity (Wildman–Crippen MR) is 100 cm³/mol. The molecule has 2 aromatic rings. The molecule has 23 heavy (non-hydrogen) atoms. The van der Waals surface area contributed by atoms with E-state index in [9.17, 15) is 4.79 Å². The van der Waals surface area contributed by atoms with Gasteiger partial charge in [0.25, 0.3) is 0 Å². The lowest BCUT2D eigenvalue weighted by molar-refractivity contribution is 0.101. The number of aryl methyl sites for hydroxylation is 4. The molecule has 1 nitrogen and oxygen atoms in total. The van der Waals surface area contributed by atoms with Crippen LogP contribution in [-0.2, 0) is 25.7 Å². The highest BCUT2D eigenvalue weighted by Gasteiger charge is 2.03. The van der Waals surface area contributed by atoms with Gasteiger partial charge in [0.05, 0.1) is 0 Å². The fraction of sp³-hybridized carbons (Fsp3) is 0.409. The molecule has 0 unspecified atom stereocenters. The van der Waals surface area contributed by atoms with E-state index in [0.29, 0.717) is 0 Å². The summed E-state index contributed by atoms with van der Waals surface area (Å²) < 4.78 is 0. The van der Waals surface area contributed by atoms with Gasteiger partial charge in [-0.1, -0.05) is 64.1 Å². The highest BCUT2D eigenvalue weighted by molar-refractivity contribution is 5.94. The van der Waals surface area contributed by atoms with E-state index < -0.39 is 0 Å². The second kappa shape index (κ2) is 9.99. The molecular formula is C22H30O. The number of ketones is 1. The molecule has 0 bridgehead atoms. The molecular weight excluding hydrogens is 280 g/mol. The molecule has 2 rings (SSSR count). The molecule has 0 heterocycles. The Hall–Kier alpha value is -1.89. The van der Waals surface area contributed by atoms with Gasteiger partial charge in [-0.05, 0) is 60.9 Å². The van der Waals surface area contributed by atoms with Crippen molar-refractivity contribution < 1.29 is 4.79 Å². The van der Waals surface area contributed by atoms with Crippen LogP contribution in [0, 0.1) is 0 Å². The predicted octanol–water partition coefficient (Wildman–Crippen LogP) is 5.83. The van der Waals surface area contributed by atoms with Crippen LogP contribution >= 0.6 is 0 Å². The summed E-state index contributed by atoms with van der Waals surface area (Å²) in [7, 11) is 0. The van der Waals surface area contributed by atoms with Crippen molar-refractivity contribution in [3.05, 3.63) is 70.3 Å². The summed E-state index contributed by atoms with van der Waals surface area (Å²) in [5.74, 6) is 0.150. The van der Waals surface area contributed by atoms with Gasteiger partial charge in [0.2, 0.25) is 0 Å². The Morgan fingerprint density at radius 2 is 1.13 bits per heavy atom. The Kier molecular flexibility index (Phi) is 8.32. The molecule has 0 aliphatic carbocycles. The van der Waals surface area contributed by atoms with Gasteiger partial charge < -0.3 is 0 Å². The van der Waals surface area contributed by atoms with Crippen LogP contribution in [0.5, 0.6) is 0 Å². The van der Waals surface area contributed by atoms with E-state index in [1.165, 1.54) is 22.3 Å². The molecule has 0 fully saturated rings. The minimum atomic E-state index is 0.150. The van der Waals surface area contributed by atoms with Crippen molar-refractivity contribution in [1.82, 2.24) is 0 Å². The topological polar surface area (TPSA) is 17.1 Å². The fourth-order valence-corrected chi connectivity index (χ4v) is 2.77. The molecule has 0 atom stereocenters. The zero-order valence-corrected chi connectivity index (χ0v) is 15.3. The zero-order chi connectivity index (χ0) is 17.2. The molecule has 0 saturated heterocycles. The molecule has 2 aromatic carbocycles. The molecule has 0 spiro atoms. The molecule has 0 radical (unpaired) electrons. The van der Waals surface area contributed by atoms with Crippen molar-refractivity contribution >= 4 is 5.78 Å². The largest absolute Gasteiger partial charge is 0.295 e. The third-order valence-electron chi connectivity index (χ3n) is 4.25. The van der Waals surface area contributed by atoms with Gasteiger partial charge in [-0.3, -0.25) is 4.79 Å². The Morgan fingerprint density at radius 1 is 0.696 bits per heavy atom. The van der Waals surface area contributed by atoms with E-state index in [-0.39, 0.29) is 5.78 Å². The summed E-state index contributed by atoms with van der Waals surface area (Å²) in [5.41, 5.74) is 6.46. The maximum absolute atomic E-state index is 11.1. The Labute approximate surface area is 141 Å². The van der Waals surface area contributed by atoms with E-state index >= 15 is 0 Å². The fourth-order valence-electron chi connectivity index (χ4n) is 2.77. The van der Waals surface area contributed by atoms with Crippen LogP contribution in [0.2, 0.25) is 0 Å². The highest BCUT2D eigenvalue weighted by atomic mass is 16.1. The lowest BCUT2D eigenvalue weighted by atomic mass is 9.99. The average Bonchev–Trinajstić information content (AvgIpc) is 2.61. The molecule has 0 aliphatic rings. The quantitative estimate of drug-likeness (QED) is 0.635. The molecule has 124 valence electrons. The monoisotopic (exact) mass is 310 g/mol. The second-order valence-electron chi connectivity index (χ2n) is 5.72. The second-order valence-corrected chi connectivity index (χ2v) is 5.72. The van der Waals surface area contributed by atoms with E-state index in [2.05, 4.69) is 58.0 Å². The minimum Gasteiger partial charge on any atom is -0.295 e. The Morgan fingerprint density at radius 3 is 1.52 bits per heavy atom. The van der Waals surface area contributed by atoms with E-state index in [1.54, 1.807) is 6.92 Å². The lowest BCUT2D eigenvalue weighted by Crippen LogP contribution is -1.97. The summed E-state index contributed by atoms with van der Waals surface area (Å²) in [6.45, 7) is 10.3. The molecule has 1 heteroatoms. The van der Waals surface area contributed by atoms with Crippen molar-refractivity contribution in [2.45, 2.75) is 60.3 Å². The number of hydrogen-bond donors (Lipinski definition) is 0. The van der Waals surface area contributed by atoms with E-state index in [4.69, 9.17) is 0 Å². The van der Waals surface area contributed by atoms with Gasteiger partial charge in [0.1, 0.15) is 0 Å². The first-order valence-electron chi connectivity index (χ1n) is 8.76. The van der Waals surface area contributed by atoms with Crippen molar-refractivity contribution in [3.8, 4) is 0 Å². The van der Waals surface area contributed by atoms with Gasteiger partial charge in [0, 0.05) is 5.56 Å². The van der Waals surface area contributed by atoms with Crippen LogP contribution in [0.1, 0.15) is 67.2 Å². The molecule has 0 aromatic heterocycles. The normalized spacial score (nSPS) is 9.96. The maximum Gasteiger partial charge on any atom is 0.159 e. The van der Waals surface area contributed by atoms with Crippen molar-refractivity contribution in [1.29, 1.82) is 0 Å². The molecule has 0 saturated carbocycles. The third kappa shape index (κ3) is 5.67. The van der Waals surface area contributed by atoms with Gasteiger partial charge in [-0.25, -0.2) is 0 Å². The number of benzene rings is 2. The van der Waals surface area contributed by atoms with Crippen molar-refractivity contribution in [2.24, 2.45) is 0 Å². The summed E-state index contributed by atoms with van der Waals surface area (Å²) in [4.78, 5) is 11.1. The molecule has 0 amide bonds. The van der Waals surface area contributed by atoms with Crippen LogP contribution in [0.15, 0.2) is 42.5 Å². The third-order valence-corrected chi connectivity index (χ3v) is 4.25. The van der Waals surface area contributed by atoms with Crippen LogP contribution < -0.4 is 0 Å². The van der Waals surface area contributed by atoms with Crippen LogP contribution in [0.4, 0.5) is 0 Å². The first-order chi connectivity index (χ1) is 11.1. The average molecular weight is 310 g/mol. The zero-order valence-electron chi connectivity index (χ0n) is 15.3. The Bertz CT molecular complexity index is 603. The summed E-state index contributed by atoms with van der Waals surface area (Å²) in [6, 6.07) is 14.6. The number of carbonyl (C=O) groups excluding carboxylic acids is 1. The van der Waals surface area contributed by atoms with Gasteiger partial charge in [-0.2, -0.15) is 0 Å². The summed E-state index contributed by atoms with van der Waals surface area (Å²) >= 11 is 0. The first kappa shape index (κ1) is 19.2. The first-order valence-corrected chi connectivity index (χ1v) is 8.76. The van der Waals surface area contributed by atoms with Gasteiger partial charge in [0.15, 0.2) is 5.78 Å². The molecule has 0 N–H and O–H groups in total. The Balaban J connectivity index is 0.000000238. The van der Waals surface area contributed by atoms with Gasteiger partial charge in [-0.15, -0.1) is 0 Å². The summed E-state index contributed by atoms with van der Waals surface area (Å²) in [6.07, 6.45) is 4.36. The van der Waals surface area contributed by atoms with Crippen LogP contribution in [0.25, 0.3) is 0 Å². The van der Waals surface area contributed by atoms with Crippen LogP contribution in [-0.4, -0.2) is 5.78 Å². The highest BCUT2D eigenvalue weighted by Crippen LogP contribution is 2.14. The number of carbonyl (C=O) groups is 1. The van der Waals surface area contributed by atoms with Crippen molar-refractivity contribution in [2.75, 3.05) is 0 Å². The minimum absolute atomic E-state index is 0.150. The number of hydrogen-bond acceptors (Lipinski definition) is 1. The number of rotatable bonds is 5. The van der Waals surface area contributed by atoms with E-state index in [1.807, 2.05) is 12.1 Å². The van der Waals surface area contributed by atoms with Gasteiger partial charge >= 0.3 is 0 Å².